The molecule has 330 valence electrons. The van der Waals surface area contributed by atoms with Crippen molar-refractivity contribution < 1.29 is 46.1 Å². The summed E-state index contributed by atoms with van der Waals surface area (Å²) >= 11 is -2.98. The molecule has 0 N–H and O–H groups in total. The van der Waals surface area contributed by atoms with Crippen molar-refractivity contribution in [3.63, 3.8) is 0 Å². The first kappa shape index (κ1) is 49.6. The van der Waals surface area contributed by atoms with E-state index >= 15 is 0 Å². The average molecular weight is 963 g/mol. The molecule has 0 bridgehead atoms. The first-order chi connectivity index (χ1) is 29.7. The van der Waals surface area contributed by atoms with Gasteiger partial charge < -0.3 is 24.8 Å². The molecule has 0 aromatic heterocycles. The second kappa shape index (κ2) is 20.8. The molecular formula is C61H68Cl2Zr. The topological polar surface area (TPSA) is 0 Å². The smallest absolute Gasteiger partial charge is 1.00 e. The summed E-state index contributed by atoms with van der Waals surface area (Å²) < 4.78 is 5.21. The van der Waals surface area contributed by atoms with E-state index in [0.29, 0.717) is 11.8 Å². The van der Waals surface area contributed by atoms with Crippen molar-refractivity contribution in [3.8, 4) is 33.4 Å². The van der Waals surface area contributed by atoms with Crippen molar-refractivity contribution in [2.45, 2.75) is 119 Å². The molecule has 6 aromatic carbocycles. The third-order valence-corrected chi connectivity index (χ3v) is 20.7. The fourth-order valence-corrected chi connectivity index (χ4v) is 18.9. The molecule has 0 nitrogen and oxygen atoms in total. The Balaban J connectivity index is 0.00000340. The van der Waals surface area contributed by atoms with Gasteiger partial charge in [0.2, 0.25) is 0 Å². The predicted molar refractivity (Wildman–Crippen MR) is 267 cm³/mol. The maximum Gasteiger partial charge on any atom is -1.00 e. The monoisotopic (exact) mass is 960 g/mol. The van der Waals surface area contributed by atoms with Gasteiger partial charge in [-0.1, -0.05) is 0 Å². The summed E-state index contributed by atoms with van der Waals surface area (Å²) in [5.74, 6) is 1.14. The Morgan fingerprint density at radius 3 is 1.56 bits per heavy atom. The van der Waals surface area contributed by atoms with Gasteiger partial charge >= 0.3 is 385 Å². The third kappa shape index (κ3) is 10.7. The van der Waals surface area contributed by atoms with Crippen LogP contribution >= 0.6 is 0 Å². The normalized spacial score (nSPS) is 12.9. The Labute approximate surface area is 406 Å². The Morgan fingerprint density at radius 2 is 1.05 bits per heavy atom. The van der Waals surface area contributed by atoms with Gasteiger partial charge in [0.1, 0.15) is 0 Å². The first-order valence-electron chi connectivity index (χ1n) is 23.4. The van der Waals surface area contributed by atoms with Crippen LogP contribution in [0.25, 0.3) is 33.4 Å². The fourth-order valence-electron chi connectivity index (χ4n) is 10.3. The molecule has 6 aromatic rings. The van der Waals surface area contributed by atoms with E-state index in [-0.39, 0.29) is 35.6 Å². The van der Waals surface area contributed by atoms with Gasteiger partial charge in [-0.25, -0.2) is 0 Å². The SMILES string of the molecule is CC(C)Cc1ccccc1-c1cc2c(cc1C(C)(C)C)-c1cc(C(C)(C)C)c(-c3ccccc3CC(C)C)[c]([Zr+2]([C]3=CC=CC3)=[C](Cc3ccccc3)Cc3ccccc3)c1C2.[Cl-].[Cl-]. The Hall–Kier alpha value is -3.87. The van der Waals surface area contributed by atoms with Crippen LogP contribution in [0.2, 0.25) is 0 Å². The molecule has 0 amide bonds. The molecule has 3 heteroatoms. The Kier molecular flexibility index (Phi) is 16.1. The quantitative estimate of drug-likeness (QED) is 0.115. The zero-order valence-corrected chi connectivity index (χ0v) is 44.0. The minimum Gasteiger partial charge on any atom is -1.00 e. The van der Waals surface area contributed by atoms with E-state index in [0.717, 1.165) is 38.5 Å². The van der Waals surface area contributed by atoms with Gasteiger partial charge in [-0.3, -0.25) is 0 Å². The van der Waals surface area contributed by atoms with Gasteiger partial charge in [0.15, 0.2) is 0 Å². The van der Waals surface area contributed by atoms with E-state index in [1.54, 1.807) is 20.9 Å². The van der Waals surface area contributed by atoms with E-state index in [1.807, 2.05) is 0 Å². The molecule has 0 saturated carbocycles. The van der Waals surface area contributed by atoms with Gasteiger partial charge in [-0.2, -0.15) is 0 Å². The number of halogens is 2. The van der Waals surface area contributed by atoms with Crippen molar-refractivity contribution in [3.05, 3.63) is 193 Å². The predicted octanol–water partition coefficient (Wildman–Crippen LogP) is 9.34. The van der Waals surface area contributed by atoms with Crippen LogP contribution in [-0.2, 0) is 64.2 Å². The summed E-state index contributed by atoms with van der Waals surface area (Å²) in [7, 11) is 0. The van der Waals surface area contributed by atoms with E-state index in [4.69, 9.17) is 0 Å². The minimum atomic E-state index is -2.98. The molecule has 0 unspecified atom stereocenters. The fraction of sp³-hybridized carbons (Fsp3) is 0.328. The standard InChI is InChI=1S/C41H49.C15H14.C5H5.2ClH.Zr/c1-26(2)19-28-15-11-13-17-32(28)36-22-30-21-31-23-37(33-18-14-12-16-29(33)20-27(3)4)39(41(8,9)10)25-35(31)34(30)24-38(36)40(5,6)7;1-3-8-14(9-4-1)12-7-13-15-10-5-2-6-11-15;1-2-4-5-3-1;;;/h11-18,22,24-27H,19-21H2,1-10H3;1-6,8-11H,12-13H2;1-3H,4H2;2*1H;/q;;;;;+2/p-2. The molecular weight excluding hydrogens is 895 g/mol. The summed E-state index contributed by atoms with van der Waals surface area (Å²) in [5.41, 5.74) is 20.5. The average Bonchev–Trinajstić information content (AvgIpc) is 3.89. The molecule has 0 aliphatic heterocycles. The van der Waals surface area contributed by atoms with E-state index in [1.165, 1.54) is 66.8 Å². The summed E-state index contributed by atoms with van der Waals surface area (Å²) in [5, 5.41) is 0. The van der Waals surface area contributed by atoms with E-state index in [2.05, 4.69) is 215 Å². The summed E-state index contributed by atoms with van der Waals surface area (Å²) in [4.78, 5) is 0. The summed E-state index contributed by atoms with van der Waals surface area (Å²) in [6.45, 7) is 24.1. The zero-order chi connectivity index (χ0) is 43.8. The largest absolute Gasteiger partial charge is 1.00 e. The second-order valence-corrected chi connectivity index (χ2v) is 27.5. The third-order valence-electron chi connectivity index (χ3n) is 13.0. The van der Waals surface area contributed by atoms with Gasteiger partial charge in [0, 0.05) is 0 Å². The van der Waals surface area contributed by atoms with Gasteiger partial charge in [0.25, 0.3) is 0 Å². The molecule has 0 heterocycles. The van der Waals surface area contributed by atoms with Gasteiger partial charge in [-0.05, 0) is 0 Å². The van der Waals surface area contributed by atoms with Crippen molar-refractivity contribution in [1.29, 1.82) is 0 Å². The van der Waals surface area contributed by atoms with Crippen LogP contribution in [-0.4, -0.2) is 3.21 Å². The Bertz CT molecular complexity index is 2640. The van der Waals surface area contributed by atoms with Crippen molar-refractivity contribution in [2.75, 3.05) is 0 Å². The number of hydrogen-bond acceptors (Lipinski definition) is 0. The van der Waals surface area contributed by atoms with Crippen molar-refractivity contribution in [1.82, 2.24) is 0 Å². The number of benzene rings is 6. The molecule has 0 radical (unpaired) electrons. The van der Waals surface area contributed by atoms with Crippen LogP contribution in [0.3, 0.4) is 0 Å². The van der Waals surface area contributed by atoms with E-state index in [9.17, 15) is 0 Å². The van der Waals surface area contributed by atoms with Crippen molar-refractivity contribution in [2.24, 2.45) is 11.8 Å². The van der Waals surface area contributed by atoms with Gasteiger partial charge in [-0.15, -0.1) is 0 Å². The van der Waals surface area contributed by atoms with E-state index < -0.39 is 21.3 Å². The number of rotatable bonds is 12. The maximum atomic E-state index is 2.68. The molecule has 2 aliphatic rings. The zero-order valence-electron chi connectivity index (χ0n) is 40.0. The van der Waals surface area contributed by atoms with Crippen LogP contribution in [0.4, 0.5) is 0 Å². The molecule has 64 heavy (non-hydrogen) atoms. The Morgan fingerprint density at radius 1 is 0.547 bits per heavy atom. The van der Waals surface area contributed by atoms with Crippen molar-refractivity contribution >= 4 is 6.48 Å². The van der Waals surface area contributed by atoms with Gasteiger partial charge in [0.05, 0.1) is 0 Å². The summed E-state index contributed by atoms with van der Waals surface area (Å²) in [6, 6.07) is 49.5. The second-order valence-electron chi connectivity index (χ2n) is 21.1. The first-order valence-corrected chi connectivity index (χ1v) is 27.1. The molecule has 8 rings (SSSR count). The molecule has 0 atom stereocenters. The molecule has 2 aliphatic carbocycles. The minimum absolute atomic E-state index is 0. The number of allylic oxidation sites excluding steroid dienone is 4. The molecule has 0 saturated heterocycles. The van der Waals surface area contributed by atoms with Crippen LogP contribution in [0, 0.1) is 11.8 Å². The van der Waals surface area contributed by atoms with Crippen LogP contribution in [0.5, 0.6) is 0 Å². The summed E-state index contributed by atoms with van der Waals surface area (Å²) in [6.07, 6.45) is 13.6. The molecule has 0 spiro atoms. The molecule has 0 fully saturated rings. The van der Waals surface area contributed by atoms with Crippen LogP contribution in [0.1, 0.15) is 120 Å². The van der Waals surface area contributed by atoms with Crippen LogP contribution in [0.15, 0.2) is 149 Å². The van der Waals surface area contributed by atoms with Crippen LogP contribution < -0.4 is 28.1 Å². The number of fused-ring (bicyclic) bond motifs is 3. The number of hydrogen-bond donors (Lipinski definition) is 0. The maximum absolute atomic E-state index is 2.98.